The van der Waals surface area contributed by atoms with Gasteiger partial charge >= 0.3 is 0 Å². The molecule has 0 heterocycles. The van der Waals surface area contributed by atoms with E-state index in [9.17, 15) is 0 Å². The molecule has 0 aliphatic carbocycles. The summed E-state index contributed by atoms with van der Waals surface area (Å²) in [7, 11) is 0. The Labute approximate surface area is 148 Å². The highest BCUT2D eigenvalue weighted by molar-refractivity contribution is 6.67. The minimum Gasteiger partial charge on any atom is -0.0837 e. The smallest absolute Gasteiger partial charge is 0.0837 e. The molecule has 0 radical (unpaired) electrons. The first-order chi connectivity index (χ1) is 10.1. The van der Waals surface area contributed by atoms with Gasteiger partial charge in [-0.05, 0) is 12.8 Å². The van der Waals surface area contributed by atoms with E-state index in [2.05, 4.69) is 6.92 Å². The maximum absolute atomic E-state index is 5.72. The van der Waals surface area contributed by atoms with Crippen molar-refractivity contribution in [3.05, 3.63) is 0 Å². The summed E-state index contributed by atoms with van der Waals surface area (Å²) in [5.41, 5.74) is 0. The summed E-state index contributed by atoms with van der Waals surface area (Å²) in [4.78, 5) is 0. The van der Waals surface area contributed by atoms with E-state index in [1.54, 1.807) is 0 Å². The van der Waals surface area contributed by atoms with Gasteiger partial charge in [-0.15, -0.1) is 0 Å². The van der Waals surface area contributed by atoms with Crippen molar-refractivity contribution in [3.8, 4) is 0 Å². The van der Waals surface area contributed by atoms with Gasteiger partial charge in [0.05, 0.1) is 0 Å². The van der Waals surface area contributed by atoms with Crippen LogP contribution in [0.1, 0.15) is 110 Å². The van der Waals surface area contributed by atoms with Crippen molar-refractivity contribution in [2.45, 2.75) is 113 Å². The van der Waals surface area contributed by atoms with Gasteiger partial charge in [-0.3, -0.25) is 0 Å². The van der Waals surface area contributed by atoms with Crippen molar-refractivity contribution in [3.63, 3.8) is 0 Å². The second-order valence-corrected chi connectivity index (χ2v) is 8.83. The van der Waals surface area contributed by atoms with Crippen molar-refractivity contribution < 1.29 is 0 Å². The molecule has 0 aliphatic heterocycles. The molecule has 3 heteroatoms. The fourth-order valence-corrected chi connectivity index (χ4v) is 3.10. The van der Waals surface area contributed by atoms with Crippen molar-refractivity contribution in [2.75, 3.05) is 0 Å². The SMILES string of the molecule is CCCCCCCCCCCCCCCCCC(Cl)(Cl)Cl. The van der Waals surface area contributed by atoms with Crippen LogP contribution < -0.4 is 0 Å². The van der Waals surface area contributed by atoms with Crippen LogP contribution in [-0.2, 0) is 0 Å². The Kier molecular flexibility index (Phi) is 16.4. The molecule has 21 heavy (non-hydrogen) atoms. The second-order valence-electron chi connectivity index (χ2n) is 6.31. The number of unbranched alkanes of at least 4 members (excludes halogenated alkanes) is 14. The Hall–Kier alpha value is 0.870. The van der Waals surface area contributed by atoms with Crippen LogP contribution >= 0.6 is 34.8 Å². The second kappa shape index (κ2) is 15.8. The molecule has 0 bridgehead atoms. The van der Waals surface area contributed by atoms with Crippen LogP contribution in [0.25, 0.3) is 0 Å². The van der Waals surface area contributed by atoms with Crippen molar-refractivity contribution in [1.82, 2.24) is 0 Å². The summed E-state index contributed by atoms with van der Waals surface area (Å²) in [6.45, 7) is 2.28. The first kappa shape index (κ1) is 21.9. The molecular formula is C18H35Cl3. The zero-order chi connectivity index (χ0) is 15.8. The van der Waals surface area contributed by atoms with Crippen LogP contribution in [0.4, 0.5) is 0 Å². The maximum atomic E-state index is 5.72. The van der Waals surface area contributed by atoms with Gasteiger partial charge in [-0.25, -0.2) is 0 Å². The molecule has 0 unspecified atom stereocenters. The van der Waals surface area contributed by atoms with E-state index in [0.717, 1.165) is 6.42 Å². The lowest BCUT2D eigenvalue weighted by Crippen LogP contribution is -2.00. The Balaban J connectivity index is 3.00. The van der Waals surface area contributed by atoms with Crippen molar-refractivity contribution >= 4 is 34.8 Å². The van der Waals surface area contributed by atoms with E-state index in [1.807, 2.05) is 0 Å². The van der Waals surface area contributed by atoms with E-state index in [4.69, 9.17) is 34.8 Å². The molecule has 0 aliphatic rings. The highest BCUT2D eigenvalue weighted by Gasteiger charge is 2.17. The molecule has 128 valence electrons. The van der Waals surface area contributed by atoms with Gasteiger partial charge < -0.3 is 0 Å². The fourth-order valence-electron chi connectivity index (χ4n) is 2.70. The standard InChI is InChI=1S/C18H35Cl3/c1-2-3-4-5-6-7-8-9-10-11-12-13-14-15-16-17-18(19,20)21/h2-17H2,1H3. The highest BCUT2D eigenvalue weighted by atomic mass is 35.6. The summed E-state index contributed by atoms with van der Waals surface area (Å²) in [5, 5.41) is 0. The number of alkyl halides is 3. The third-order valence-corrected chi connectivity index (χ3v) is 4.63. The van der Waals surface area contributed by atoms with Crippen LogP contribution in [0, 0.1) is 0 Å². The Morgan fingerprint density at radius 2 is 0.762 bits per heavy atom. The summed E-state index contributed by atoms with van der Waals surface area (Å²) < 4.78 is -1.05. The molecule has 0 fully saturated rings. The van der Waals surface area contributed by atoms with E-state index in [1.165, 1.54) is 89.9 Å². The zero-order valence-electron chi connectivity index (χ0n) is 13.9. The Morgan fingerprint density at radius 1 is 0.476 bits per heavy atom. The lowest BCUT2D eigenvalue weighted by Gasteiger charge is -2.09. The summed E-state index contributed by atoms with van der Waals surface area (Å²) in [5.74, 6) is 0. The zero-order valence-corrected chi connectivity index (χ0v) is 16.2. The number of halogens is 3. The van der Waals surface area contributed by atoms with Gasteiger partial charge in [-0.1, -0.05) is 132 Å². The maximum Gasteiger partial charge on any atom is 0.190 e. The normalized spacial score (nSPS) is 12.0. The quantitative estimate of drug-likeness (QED) is 0.203. The van der Waals surface area contributed by atoms with E-state index in [-0.39, 0.29) is 0 Å². The molecule has 0 nitrogen and oxygen atoms in total. The van der Waals surface area contributed by atoms with E-state index >= 15 is 0 Å². The highest BCUT2D eigenvalue weighted by Crippen LogP contribution is 2.32. The van der Waals surface area contributed by atoms with Gasteiger partial charge in [0.2, 0.25) is 0 Å². The average Bonchev–Trinajstić information content (AvgIpc) is 2.42. The van der Waals surface area contributed by atoms with Crippen molar-refractivity contribution in [1.29, 1.82) is 0 Å². The predicted octanol–water partition coefficient (Wildman–Crippen LogP) is 8.62. The third-order valence-electron chi connectivity index (χ3n) is 4.06. The third kappa shape index (κ3) is 20.9. The van der Waals surface area contributed by atoms with Crippen LogP contribution in [0.2, 0.25) is 0 Å². The van der Waals surface area contributed by atoms with Gasteiger partial charge in [0.1, 0.15) is 0 Å². The first-order valence-corrected chi connectivity index (χ1v) is 10.3. The van der Waals surface area contributed by atoms with Gasteiger partial charge in [0, 0.05) is 0 Å². The Morgan fingerprint density at radius 3 is 1.05 bits per heavy atom. The topological polar surface area (TPSA) is 0 Å². The van der Waals surface area contributed by atoms with Gasteiger partial charge in [0.15, 0.2) is 3.79 Å². The number of hydrogen-bond donors (Lipinski definition) is 0. The summed E-state index contributed by atoms with van der Waals surface area (Å²) in [6, 6.07) is 0. The summed E-state index contributed by atoms with van der Waals surface area (Å²) >= 11 is 17.2. The van der Waals surface area contributed by atoms with E-state index < -0.39 is 3.79 Å². The van der Waals surface area contributed by atoms with Crippen LogP contribution in [0.15, 0.2) is 0 Å². The molecule has 0 N–H and O–H groups in total. The lowest BCUT2D eigenvalue weighted by molar-refractivity contribution is 0.530. The predicted molar refractivity (Wildman–Crippen MR) is 99.8 cm³/mol. The first-order valence-electron chi connectivity index (χ1n) is 9.13. The van der Waals surface area contributed by atoms with Crippen LogP contribution in [-0.4, -0.2) is 3.79 Å². The largest absolute Gasteiger partial charge is 0.190 e. The molecule has 0 aromatic rings. The minimum absolute atomic E-state index is 0.690. The van der Waals surface area contributed by atoms with Gasteiger partial charge in [0.25, 0.3) is 0 Å². The Bertz CT molecular complexity index is 199. The monoisotopic (exact) mass is 356 g/mol. The van der Waals surface area contributed by atoms with Crippen molar-refractivity contribution in [2.24, 2.45) is 0 Å². The van der Waals surface area contributed by atoms with Crippen LogP contribution in [0.5, 0.6) is 0 Å². The van der Waals surface area contributed by atoms with Crippen LogP contribution in [0.3, 0.4) is 0 Å². The number of rotatable bonds is 15. The van der Waals surface area contributed by atoms with Gasteiger partial charge in [-0.2, -0.15) is 0 Å². The van der Waals surface area contributed by atoms with E-state index in [0.29, 0.717) is 6.42 Å². The molecule has 0 atom stereocenters. The minimum atomic E-state index is -1.05. The molecule has 0 rings (SSSR count). The average molecular weight is 358 g/mol. The molecular weight excluding hydrogens is 323 g/mol. The fraction of sp³-hybridized carbons (Fsp3) is 1.00. The molecule has 0 saturated carbocycles. The summed E-state index contributed by atoms with van der Waals surface area (Å²) in [6.07, 6.45) is 21.2. The molecule has 0 amide bonds. The number of hydrogen-bond acceptors (Lipinski definition) is 0. The molecule has 0 spiro atoms. The molecule has 0 saturated heterocycles. The lowest BCUT2D eigenvalue weighted by atomic mass is 10.0. The molecule has 0 aromatic carbocycles. The molecule has 0 aromatic heterocycles.